The summed E-state index contributed by atoms with van der Waals surface area (Å²) in [6, 6.07) is 0.122. The van der Waals surface area contributed by atoms with Gasteiger partial charge in [0.25, 0.3) is 0 Å². The molecule has 0 saturated heterocycles. The van der Waals surface area contributed by atoms with Crippen molar-refractivity contribution >= 4 is 23.0 Å². The van der Waals surface area contributed by atoms with Gasteiger partial charge in [-0.2, -0.15) is 0 Å². The van der Waals surface area contributed by atoms with Crippen molar-refractivity contribution in [2.24, 2.45) is 5.92 Å². The molecule has 124 valence electrons. The van der Waals surface area contributed by atoms with Crippen LogP contribution in [-0.4, -0.2) is 39.7 Å². The topological polar surface area (TPSA) is 82.6 Å². The third-order valence-electron chi connectivity index (χ3n) is 4.20. The minimum Gasteiger partial charge on any atom is -0.463 e. The fourth-order valence-corrected chi connectivity index (χ4v) is 3.94. The van der Waals surface area contributed by atoms with Crippen molar-refractivity contribution in [3.63, 3.8) is 0 Å². The number of carbonyl (C=O) groups excluding carboxylic acids is 1. The van der Waals surface area contributed by atoms with Gasteiger partial charge in [0, 0.05) is 23.5 Å². The number of esters is 1. The van der Waals surface area contributed by atoms with Gasteiger partial charge in [0.05, 0.1) is 23.6 Å². The molecule has 3 heterocycles. The number of fused-ring (bicyclic) bond motifs is 3. The zero-order valence-electron chi connectivity index (χ0n) is 13.3. The fourth-order valence-electron chi connectivity index (χ4n) is 3.05. The zero-order valence-corrected chi connectivity index (χ0v) is 14.1. The average Bonchev–Trinajstić information content (AvgIpc) is 2.86. The number of ether oxygens (including phenoxy) is 1. The molecule has 7 heteroatoms. The van der Waals surface area contributed by atoms with Gasteiger partial charge in [0.1, 0.15) is 6.10 Å². The molecule has 2 atom stereocenters. The number of aliphatic hydroxyl groups is 1. The second kappa shape index (κ2) is 5.98. The monoisotopic (exact) mass is 336 g/mol. The smallest absolute Gasteiger partial charge is 0.338 e. The molecule has 3 rings (SSSR count). The van der Waals surface area contributed by atoms with Gasteiger partial charge in [-0.1, -0.05) is 25.2 Å². The Bertz CT molecular complexity index is 744. The number of nitrogens with one attached hydrogen (secondary N) is 1. The van der Waals surface area contributed by atoms with Crippen molar-refractivity contribution in [3.05, 3.63) is 38.1 Å². The van der Waals surface area contributed by atoms with Gasteiger partial charge < -0.3 is 19.7 Å². The summed E-state index contributed by atoms with van der Waals surface area (Å²) in [7, 11) is 0. The highest BCUT2D eigenvalue weighted by Crippen LogP contribution is 2.38. The number of aliphatic hydroxyl groups excluding tert-OH is 1. The lowest BCUT2D eigenvalue weighted by atomic mass is 9.90. The lowest BCUT2D eigenvalue weighted by Crippen LogP contribution is -2.42. The fraction of sp³-hybridized carbons (Fsp3) is 0.500. The predicted molar refractivity (Wildman–Crippen MR) is 87.8 cm³/mol. The molecule has 0 fully saturated rings. The van der Waals surface area contributed by atoms with Gasteiger partial charge in [-0.05, 0) is 18.9 Å². The first kappa shape index (κ1) is 16.0. The number of hydrogen-bond donors (Lipinski definition) is 2. The number of H-pyrrole nitrogens is 1. The summed E-state index contributed by atoms with van der Waals surface area (Å²) in [5, 5.41) is 10.3. The van der Waals surface area contributed by atoms with Crippen LogP contribution in [0.2, 0.25) is 0 Å². The van der Waals surface area contributed by atoms with E-state index in [0.717, 1.165) is 22.7 Å². The van der Waals surface area contributed by atoms with Crippen LogP contribution < -0.4 is 4.87 Å². The molecule has 1 aromatic rings. The van der Waals surface area contributed by atoms with Gasteiger partial charge in [-0.15, -0.1) is 0 Å². The van der Waals surface area contributed by atoms with Crippen molar-refractivity contribution in [3.8, 4) is 0 Å². The van der Waals surface area contributed by atoms with Crippen LogP contribution in [0.4, 0.5) is 0 Å². The van der Waals surface area contributed by atoms with Gasteiger partial charge in [-0.3, -0.25) is 4.79 Å². The predicted octanol–water partition coefficient (Wildman–Crippen LogP) is 1.48. The number of rotatable bonds is 3. The lowest BCUT2D eigenvalue weighted by molar-refractivity contribution is -0.139. The van der Waals surface area contributed by atoms with E-state index in [9.17, 15) is 14.7 Å². The van der Waals surface area contributed by atoms with Crippen molar-refractivity contribution < 1.29 is 14.6 Å². The molecule has 0 saturated carbocycles. The second-order valence-electron chi connectivity index (χ2n) is 6.04. The third kappa shape index (κ3) is 2.74. The Balaban J connectivity index is 2.06. The first-order valence-corrected chi connectivity index (χ1v) is 8.53. The summed E-state index contributed by atoms with van der Waals surface area (Å²) in [4.78, 5) is 29.5. The Hall–Kier alpha value is -1.86. The molecule has 6 nitrogen and oxygen atoms in total. The third-order valence-corrected chi connectivity index (χ3v) is 5.11. The van der Waals surface area contributed by atoms with Crippen molar-refractivity contribution in [1.82, 2.24) is 9.88 Å². The minimum absolute atomic E-state index is 0.102. The largest absolute Gasteiger partial charge is 0.463 e. The number of thiazole rings is 1. The Labute approximate surface area is 138 Å². The van der Waals surface area contributed by atoms with E-state index in [2.05, 4.69) is 18.8 Å². The van der Waals surface area contributed by atoms with Crippen LogP contribution in [0, 0.1) is 5.92 Å². The van der Waals surface area contributed by atoms with Gasteiger partial charge in [0.2, 0.25) is 0 Å². The molecule has 0 amide bonds. The van der Waals surface area contributed by atoms with E-state index in [1.54, 1.807) is 19.2 Å². The summed E-state index contributed by atoms with van der Waals surface area (Å²) < 4.78 is 5.02. The van der Waals surface area contributed by atoms with Crippen LogP contribution in [0.5, 0.6) is 0 Å². The van der Waals surface area contributed by atoms with E-state index in [4.69, 9.17) is 4.74 Å². The molecular weight excluding hydrogens is 316 g/mol. The van der Waals surface area contributed by atoms with E-state index in [1.807, 2.05) is 4.90 Å². The summed E-state index contributed by atoms with van der Waals surface area (Å²) in [5.74, 6) is -0.193. The molecule has 2 unspecified atom stereocenters. The number of aromatic amines is 1. The minimum atomic E-state index is -1.04. The van der Waals surface area contributed by atoms with Gasteiger partial charge >= 0.3 is 10.8 Å². The Kier molecular flexibility index (Phi) is 4.16. The summed E-state index contributed by atoms with van der Waals surface area (Å²) in [5.41, 5.74) is 1.72. The van der Waals surface area contributed by atoms with Crippen LogP contribution in [0.3, 0.4) is 0 Å². The zero-order chi connectivity index (χ0) is 16.7. The summed E-state index contributed by atoms with van der Waals surface area (Å²) in [6.07, 6.45) is 2.97. The lowest BCUT2D eigenvalue weighted by Gasteiger charge is -2.41. The van der Waals surface area contributed by atoms with E-state index < -0.39 is 12.1 Å². The van der Waals surface area contributed by atoms with Crippen molar-refractivity contribution in [2.75, 3.05) is 6.61 Å². The molecule has 2 aliphatic rings. The van der Waals surface area contributed by atoms with Crippen LogP contribution in [0.1, 0.15) is 31.3 Å². The van der Waals surface area contributed by atoms with E-state index in [0.29, 0.717) is 5.92 Å². The molecule has 0 aliphatic carbocycles. The number of carbonyl (C=O) groups is 1. The van der Waals surface area contributed by atoms with Crippen molar-refractivity contribution in [2.45, 2.75) is 39.3 Å². The maximum atomic E-state index is 12.0. The SMILES string of the molecule is CCOC(=O)C1=CN2C(=CC1O)c1[nH]c(=O)sc1CC2C(C)C. The second-order valence-corrected chi connectivity index (χ2v) is 7.10. The average molecular weight is 336 g/mol. The molecule has 0 aromatic carbocycles. The number of nitrogens with zero attached hydrogens (tertiary/aromatic N) is 1. The normalized spacial score (nSPS) is 23.1. The Morgan fingerprint density at radius 3 is 2.96 bits per heavy atom. The molecule has 2 aliphatic heterocycles. The molecule has 2 N–H and O–H groups in total. The Morgan fingerprint density at radius 2 is 2.30 bits per heavy atom. The highest BCUT2D eigenvalue weighted by atomic mass is 32.1. The highest BCUT2D eigenvalue weighted by molar-refractivity contribution is 7.09. The first-order valence-electron chi connectivity index (χ1n) is 7.71. The summed E-state index contributed by atoms with van der Waals surface area (Å²) in [6.45, 7) is 6.20. The van der Waals surface area contributed by atoms with Crippen molar-refractivity contribution in [1.29, 1.82) is 0 Å². The Morgan fingerprint density at radius 1 is 1.57 bits per heavy atom. The molecule has 0 radical (unpaired) electrons. The first-order chi connectivity index (χ1) is 10.9. The molecule has 0 bridgehead atoms. The highest BCUT2D eigenvalue weighted by Gasteiger charge is 2.37. The maximum absolute atomic E-state index is 12.0. The summed E-state index contributed by atoms with van der Waals surface area (Å²) >= 11 is 1.21. The van der Waals surface area contributed by atoms with Gasteiger partial charge in [-0.25, -0.2) is 4.79 Å². The molecule has 1 aromatic heterocycles. The van der Waals surface area contributed by atoms with Gasteiger partial charge in [0.15, 0.2) is 0 Å². The molecule has 23 heavy (non-hydrogen) atoms. The number of hydrogen-bond acceptors (Lipinski definition) is 6. The van der Waals surface area contributed by atoms with E-state index in [1.165, 1.54) is 11.3 Å². The standard InChI is InChI=1S/C16H20N2O4S/c1-4-22-15(20)9-7-18-10(8(2)3)6-13-14(17-16(21)23-13)11(18)5-12(9)19/h5,7-8,10,12,19H,4,6H2,1-3H3,(H,17,21). The molecular formula is C16H20N2O4S. The van der Waals surface area contributed by atoms with Crippen LogP contribution in [-0.2, 0) is 16.0 Å². The number of aromatic nitrogens is 1. The molecule has 0 spiro atoms. The van der Waals surface area contributed by atoms with Crippen LogP contribution in [0.15, 0.2) is 22.6 Å². The quantitative estimate of drug-likeness (QED) is 0.817. The van der Waals surface area contributed by atoms with Crippen LogP contribution in [0.25, 0.3) is 5.70 Å². The maximum Gasteiger partial charge on any atom is 0.338 e. The van der Waals surface area contributed by atoms with E-state index >= 15 is 0 Å². The van der Waals surface area contributed by atoms with E-state index in [-0.39, 0.29) is 23.1 Å². The van der Waals surface area contributed by atoms with Crippen LogP contribution >= 0.6 is 11.3 Å².